The predicted octanol–water partition coefficient (Wildman–Crippen LogP) is 3.49. The lowest BCUT2D eigenvalue weighted by molar-refractivity contribution is 0.414. The molecule has 0 radical (unpaired) electrons. The van der Waals surface area contributed by atoms with Crippen molar-refractivity contribution >= 4 is 47.4 Å². The number of ether oxygens (including phenoxy) is 1. The summed E-state index contributed by atoms with van der Waals surface area (Å²) < 4.78 is 7.05. The Bertz CT molecular complexity index is 1040. The number of aliphatic imine (C=N–C) groups is 1. The molecule has 0 bridgehead atoms. The Morgan fingerprint density at radius 2 is 2.06 bits per heavy atom. The summed E-state index contributed by atoms with van der Waals surface area (Å²) >= 11 is 6.29. The first-order valence-electron chi connectivity index (χ1n) is 10.2. The van der Waals surface area contributed by atoms with Crippen molar-refractivity contribution in [2.24, 2.45) is 4.99 Å². The number of hydrogen-bond donors (Lipinski definition) is 2. The number of pyridine rings is 1. The lowest BCUT2D eigenvalue weighted by Gasteiger charge is -2.20. The average molecular weight is 568 g/mol. The number of hydrogen-bond acceptors (Lipinski definition) is 5. The first-order valence-corrected chi connectivity index (χ1v) is 10.6. The molecule has 3 aromatic rings. The second kappa shape index (κ2) is 11.4. The third-order valence-electron chi connectivity index (χ3n) is 5.21. The van der Waals surface area contributed by atoms with Crippen LogP contribution in [-0.2, 0) is 6.54 Å². The molecule has 0 aliphatic carbocycles. The highest BCUT2D eigenvalue weighted by atomic mass is 127. The zero-order valence-electron chi connectivity index (χ0n) is 18.0. The molecule has 2 aromatic heterocycles. The maximum Gasteiger partial charge on any atom is 0.191 e. The predicted molar refractivity (Wildman–Crippen MR) is 139 cm³/mol. The molecule has 32 heavy (non-hydrogen) atoms. The van der Waals surface area contributed by atoms with E-state index in [1.165, 1.54) is 0 Å². The minimum absolute atomic E-state index is 0. The van der Waals surface area contributed by atoms with Gasteiger partial charge in [-0.3, -0.25) is 4.99 Å². The SMILES string of the molecule is CN=C(NCc1ccn(-c2ccc(OC)cc2)n1)NC1CCN(c2ncccc2Cl)C1.I. The summed E-state index contributed by atoms with van der Waals surface area (Å²) in [7, 11) is 3.43. The number of rotatable bonds is 6. The van der Waals surface area contributed by atoms with Crippen molar-refractivity contribution in [1.82, 2.24) is 25.4 Å². The highest BCUT2D eigenvalue weighted by molar-refractivity contribution is 14.0. The van der Waals surface area contributed by atoms with Crippen LogP contribution < -0.4 is 20.3 Å². The number of benzene rings is 1. The van der Waals surface area contributed by atoms with Gasteiger partial charge in [0, 0.05) is 38.6 Å². The fourth-order valence-corrected chi connectivity index (χ4v) is 3.82. The minimum Gasteiger partial charge on any atom is -0.497 e. The van der Waals surface area contributed by atoms with E-state index in [-0.39, 0.29) is 30.0 Å². The standard InChI is InChI=1S/C22H26ClN7O.HI/c1-24-22(27-17-9-12-29(15-17)21-20(23)4-3-11-25-21)26-14-16-10-13-30(28-16)18-5-7-19(31-2)8-6-18;/h3-8,10-11,13,17H,9,12,14-15H2,1-2H3,(H2,24,26,27);1H. The maximum atomic E-state index is 6.29. The van der Waals surface area contributed by atoms with E-state index in [0.717, 1.165) is 48.4 Å². The van der Waals surface area contributed by atoms with E-state index in [4.69, 9.17) is 16.3 Å². The van der Waals surface area contributed by atoms with Crippen LogP contribution in [0, 0.1) is 0 Å². The molecule has 0 saturated carbocycles. The molecular weight excluding hydrogens is 541 g/mol. The van der Waals surface area contributed by atoms with Crippen molar-refractivity contribution in [2.75, 3.05) is 32.1 Å². The van der Waals surface area contributed by atoms with Gasteiger partial charge in [0.25, 0.3) is 0 Å². The number of anilines is 1. The molecular formula is C22H27ClIN7O. The molecule has 1 aliphatic rings. The third-order valence-corrected chi connectivity index (χ3v) is 5.50. The molecule has 170 valence electrons. The zero-order valence-corrected chi connectivity index (χ0v) is 21.1. The fraction of sp³-hybridized carbons (Fsp3) is 0.318. The van der Waals surface area contributed by atoms with E-state index in [2.05, 4.69) is 30.6 Å². The van der Waals surface area contributed by atoms with Crippen LogP contribution in [0.15, 0.2) is 59.9 Å². The Labute approximate surface area is 210 Å². The Kier molecular flexibility index (Phi) is 8.57. The van der Waals surface area contributed by atoms with Gasteiger partial charge in [0.05, 0.1) is 30.1 Å². The molecule has 8 nitrogen and oxygen atoms in total. The quantitative estimate of drug-likeness (QED) is 0.270. The van der Waals surface area contributed by atoms with Crippen molar-refractivity contribution in [1.29, 1.82) is 0 Å². The van der Waals surface area contributed by atoms with Gasteiger partial charge in [-0.1, -0.05) is 11.6 Å². The molecule has 4 rings (SSSR count). The van der Waals surface area contributed by atoms with Crippen LogP contribution in [-0.4, -0.2) is 54.0 Å². The van der Waals surface area contributed by atoms with E-state index in [0.29, 0.717) is 11.6 Å². The smallest absolute Gasteiger partial charge is 0.191 e. The van der Waals surface area contributed by atoms with Crippen molar-refractivity contribution in [3.63, 3.8) is 0 Å². The molecule has 1 atom stereocenters. The van der Waals surface area contributed by atoms with Gasteiger partial charge in [-0.15, -0.1) is 24.0 Å². The summed E-state index contributed by atoms with van der Waals surface area (Å²) in [4.78, 5) is 11.0. The summed E-state index contributed by atoms with van der Waals surface area (Å²) in [6, 6.07) is 13.8. The van der Waals surface area contributed by atoms with Crippen molar-refractivity contribution in [3.8, 4) is 11.4 Å². The van der Waals surface area contributed by atoms with E-state index in [9.17, 15) is 0 Å². The minimum atomic E-state index is 0. The number of methoxy groups -OCH3 is 1. The van der Waals surface area contributed by atoms with Crippen LogP contribution in [0.25, 0.3) is 5.69 Å². The zero-order chi connectivity index (χ0) is 21.6. The summed E-state index contributed by atoms with van der Waals surface area (Å²) in [5.74, 6) is 2.40. The number of nitrogens with one attached hydrogen (secondary N) is 2. The Hall–Kier alpha value is -2.53. The number of nitrogens with zero attached hydrogens (tertiary/aromatic N) is 5. The van der Waals surface area contributed by atoms with Gasteiger partial charge in [-0.25, -0.2) is 9.67 Å². The molecule has 10 heteroatoms. The van der Waals surface area contributed by atoms with Gasteiger partial charge in [-0.2, -0.15) is 5.10 Å². The molecule has 0 amide bonds. The van der Waals surface area contributed by atoms with E-state index in [1.807, 2.05) is 53.3 Å². The van der Waals surface area contributed by atoms with Crippen LogP contribution in [0.3, 0.4) is 0 Å². The lowest BCUT2D eigenvalue weighted by Crippen LogP contribution is -2.44. The number of guanidine groups is 1. The highest BCUT2D eigenvalue weighted by Gasteiger charge is 2.25. The van der Waals surface area contributed by atoms with Crippen molar-refractivity contribution in [3.05, 3.63) is 65.6 Å². The highest BCUT2D eigenvalue weighted by Crippen LogP contribution is 2.25. The monoisotopic (exact) mass is 567 g/mol. The van der Waals surface area contributed by atoms with Crippen LogP contribution in [0.2, 0.25) is 5.02 Å². The fourth-order valence-electron chi connectivity index (χ4n) is 3.58. The van der Waals surface area contributed by atoms with Crippen LogP contribution >= 0.6 is 35.6 Å². The largest absolute Gasteiger partial charge is 0.497 e. The summed E-state index contributed by atoms with van der Waals surface area (Å²) in [5.41, 5.74) is 1.90. The normalized spacial score (nSPS) is 15.9. The van der Waals surface area contributed by atoms with E-state index in [1.54, 1.807) is 20.4 Å². The Balaban J connectivity index is 0.00000289. The maximum absolute atomic E-state index is 6.29. The van der Waals surface area contributed by atoms with Gasteiger partial charge < -0.3 is 20.3 Å². The van der Waals surface area contributed by atoms with Crippen molar-refractivity contribution < 1.29 is 4.74 Å². The number of halogens is 2. The Morgan fingerprint density at radius 3 is 2.78 bits per heavy atom. The van der Waals surface area contributed by atoms with Gasteiger partial charge in [0.2, 0.25) is 0 Å². The van der Waals surface area contributed by atoms with Gasteiger partial charge in [0.1, 0.15) is 11.6 Å². The second-order valence-electron chi connectivity index (χ2n) is 7.26. The molecule has 1 aliphatic heterocycles. The molecule has 1 fully saturated rings. The molecule has 1 saturated heterocycles. The lowest BCUT2D eigenvalue weighted by atomic mass is 10.3. The first-order chi connectivity index (χ1) is 15.2. The average Bonchev–Trinajstić information content (AvgIpc) is 3.47. The molecule has 3 heterocycles. The molecule has 1 aromatic carbocycles. The first kappa shape index (κ1) is 24.1. The summed E-state index contributed by atoms with van der Waals surface area (Å²) in [6.45, 7) is 2.30. The molecule has 2 N–H and O–H groups in total. The van der Waals surface area contributed by atoms with Crippen LogP contribution in [0.4, 0.5) is 5.82 Å². The summed E-state index contributed by atoms with van der Waals surface area (Å²) in [5, 5.41) is 12.1. The topological polar surface area (TPSA) is 79.6 Å². The molecule has 1 unspecified atom stereocenters. The number of aromatic nitrogens is 3. The van der Waals surface area contributed by atoms with Gasteiger partial charge >= 0.3 is 0 Å². The second-order valence-corrected chi connectivity index (χ2v) is 7.67. The molecule has 0 spiro atoms. The van der Waals surface area contributed by atoms with E-state index < -0.39 is 0 Å². The Morgan fingerprint density at radius 1 is 1.25 bits per heavy atom. The van der Waals surface area contributed by atoms with Crippen molar-refractivity contribution in [2.45, 2.75) is 19.0 Å². The summed E-state index contributed by atoms with van der Waals surface area (Å²) in [6.07, 6.45) is 4.70. The third kappa shape index (κ3) is 5.83. The van der Waals surface area contributed by atoms with Gasteiger partial charge in [-0.05, 0) is 48.9 Å². The van der Waals surface area contributed by atoms with Crippen LogP contribution in [0.1, 0.15) is 12.1 Å². The van der Waals surface area contributed by atoms with E-state index >= 15 is 0 Å². The van der Waals surface area contributed by atoms with Gasteiger partial charge in [0.15, 0.2) is 5.96 Å². The van der Waals surface area contributed by atoms with Crippen LogP contribution in [0.5, 0.6) is 5.75 Å².